The van der Waals surface area contributed by atoms with Gasteiger partial charge < -0.3 is 20.1 Å². The number of nitrogens with one attached hydrogen (secondary N) is 2. The largest absolute Gasteiger partial charge is 0.444 e. The molecule has 0 saturated heterocycles. The van der Waals surface area contributed by atoms with E-state index in [0.717, 1.165) is 26.9 Å². The fraction of sp³-hybridized carbons (Fsp3) is 0.400. The second-order valence-corrected chi connectivity index (χ2v) is 13.6. The van der Waals surface area contributed by atoms with Crippen LogP contribution >= 0.6 is 0 Å². The summed E-state index contributed by atoms with van der Waals surface area (Å²) in [4.78, 5) is 24.5. The van der Waals surface area contributed by atoms with Gasteiger partial charge in [0.25, 0.3) is 0 Å². The third-order valence-electron chi connectivity index (χ3n) is 6.17. The van der Waals surface area contributed by atoms with Gasteiger partial charge in [0, 0.05) is 31.6 Å². The van der Waals surface area contributed by atoms with Gasteiger partial charge in [0.1, 0.15) is 11.2 Å². The van der Waals surface area contributed by atoms with E-state index in [1.807, 2.05) is 48.5 Å². The van der Waals surface area contributed by atoms with E-state index in [2.05, 4.69) is 10.6 Å². The summed E-state index contributed by atoms with van der Waals surface area (Å²) < 4.78 is 40.1. The van der Waals surface area contributed by atoms with Crippen LogP contribution in [-0.2, 0) is 19.5 Å². The van der Waals surface area contributed by atoms with Gasteiger partial charge in [-0.15, -0.1) is 0 Å². The number of hydrogen-bond acceptors (Lipinski definition) is 6. The van der Waals surface area contributed by atoms with Crippen LogP contribution < -0.4 is 10.6 Å². The highest BCUT2D eigenvalue weighted by Crippen LogP contribution is 2.37. The van der Waals surface area contributed by atoms with Crippen molar-refractivity contribution in [1.82, 2.24) is 14.9 Å². The highest BCUT2D eigenvalue weighted by atomic mass is 32.2. The molecule has 0 aliphatic carbocycles. The highest BCUT2D eigenvalue weighted by molar-refractivity contribution is 7.89. The van der Waals surface area contributed by atoms with Crippen molar-refractivity contribution in [2.75, 3.05) is 26.2 Å². The Bertz CT molecular complexity index is 1590. The number of carbonyl (C=O) groups is 2. The summed E-state index contributed by atoms with van der Waals surface area (Å²) in [5.74, 6) is 0. The predicted octanol–water partition coefficient (Wildman–Crippen LogP) is 5.62. The van der Waals surface area contributed by atoms with E-state index in [1.54, 1.807) is 47.6 Å². The summed E-state index contributed by atoms with van der Waals surface area (Å²) in [5.41, 5.74) is -1.37. The maximum absolute atomic E-state index is 14.1. The third kappa shape index (κ3) is 6.74. The first-order valence-electron chi connectivity index (χ1n) is 13.3. The molecule has 4 aromatic carbocycles. The summed E-state index contributed by atoms with van der Waals surface area (Å²) in [5, 5.41) is 10.8. The van der Waals surface area contributed by atoms with Gasteiger partial charge in [-0.3, -0.25) is 0 Å². The fourth-order valence-electron chi connectivity index (χ4n) is 4.62. The first-order chi connectivity index (χ1) is 18.7. The summed E-state index contributed by atoms with van der Waals surface area (Å²) in [6.07, 6.45) is -1.28. The van der Waals surface area contributed by atoms with Crippen LogP contribution in [0.5, 0.6) is 0 Å². The molecule has 0 bridgehead atoms. The molecular weight excluding hydrogens is 530 g/mol. The summed E-state index contributed by atoms with van der Waals surface area (Å²) in [7, 11) is -4.04. The third-order valence-corrected chi connectivity index (χ3v) is 8.12. The topological polar surface area (TPSA) is 114 Å². The molecule has 40 heavy (non-hydrogen) atoms. The predicted molar refractivity (Wildman–Crippen MR) is 157 cm³/mol. The van der Waals surface area contributed by atoms with E-state index in [9.17, 15) is 18.0 Å². The normalized spacial score (nSPS) is 12.8. The Hall–Kier alpha value is -3.63. The number of sulfonamides is 1. The van der Waals surface area contributed by atoms with Gasteiger partial charge in [-0.05, 0) is 74.5 Å². The number of hydrogen-bond donors (Lipinski definition) is 2. The summed E-state index contributed by atoms with van der Waals surface area (Å²) in [6, 6.07) is 17.2. The molecule has 0 unspecified atom stereocenters. The van der Waals surface area contributed by atoms with Crippen molar-refractivity contribution in [2.45, 2.75) is 57.6 Å². The quantitative estimate of drug-likeness (QED) is 0.267. The Morgan fingerprint density at radius 2 is 1.15 bits per heavy atom. The number of amides is 2. The lowest BCUT2D eigenvalue weighted by Crippen LogP contribution is -2.44. The van der Waals surface area contributed by atoms with E-state index >= 15 is 0 Å². The maximum atomic E-state index is 14.1. The molecule has 0 radical (unpaired) electrons. The molecule has 0 heterocycles. The van der Waals surface area contributed by atoms with Crippen molar-refractivity contribution < 1.29 is 27.5 Å². The lowest BCUT2D eigenvalue weighted by molar-refractivity contribution is 0.0520. The van der Waals surface area contributed by atoms with Gasteiger partial charge in [-0.2, -0.15) is 4.31 Å². The maximum Gasteiger partial charge on any atom is 0.407 e. The van der Waals surface area contributed by atoms with Crippen LogP contribution in [0.25, 0.3) is 32.3 Å². The number of alkyl carbamates (subject to hydrolysis) is 2. The average Bonchev–Trinajstić information content (AvgIpc) is 2.84. The first-order valence-corrected chi connectivity index (χ1v) is 14.7. The van der Waals surface area contributed by atoms with Crippen LogP contribution in [-0.4, -0.2) is 62.3 Å². The lowest BCUT2D eigenvalue weighted by Gasteiger charge is -2.25. The van der Waals surface area contributed by atoms with Crippen LogP contribution in [0.3, 0.4) is 0 Å². The van der Waals surface area contributed by atoms with Gasteiger partial charge in [0.15, 0.2) is 0 Å². The van der Waals surface area contributed by atoms with Crippen molar-refractivity contribution in [1.29, 1.82) is 0 Å². The molecule has 4 aromatic rings. The molecule has 10 heteroatoms. The molecule has 0 aliphatic heterocycles. The van der Waals surface area contributed by atoms with Crippen LogP contribution in [0.1, 0.15) is 41.5 Å². The molecule has 2 N–H and O–H groups in total. The Morgan fingerprint density at radius 1 is 0.700 bits per heavy atom. The van der Waals surface area contributed by atoms with Crippen LogP contribution in [0, 0.1) is 0 Å². The summed E-state index contributed by atoms with van der Waals surface area (Å²) >= 11 is 0. The molecule has 0 aromatic heterocycles. The minimum atomic E-state index is -4.04. The smallest absolute Gasteiger partial charge is 0.407 e. The van der Waals surface area contributed by atoms with Crippen molar-refractivity contribution in [3.63, 3.8) is 0 Å². The van der Waals surface area contributed by atoms with E-state index < -0.39 is 33.4 Å². The minimum absolute atomic E-state index is 0.0203. The van der Waals surface area contributed by atoms with E-state index in [4.69, 9.17) is 9.47 Å². The number of nitrogens with zero attached hydrogens (tertiary/aromatic N) is 1. The molecule has 0 saturated carbocycles. The number of benzene rings is 4. The minimum Gasteiger partial charge on any atom is -0.444 e. The second kappa shape index (κ2) is 11.1. The zero-order chi connectivity index (χ0) is 29.3. The molecule has 9 nitrogen and oxygen atoms in total. The molecule has 0 atom stereocenters. The van der Waals surface area contributed by atoms with Crippen molar-refractivity contribution >= 4 is 54.5 Å². The van der Waals surface area contributed by atoms with Gasteiger partial charge in [-0.25, -0.2) is 18.0 Å². The zero-order valence-corrected chi connectivity index (χ0v) is 24.6. The Kier molecular flexibility index (Phi) is 8.14. The molecule has 0 aliphatic rings. The first kappa shape index (κ1) is 29.4. The highest BCUT2D eigenvalue weighted by Gasteiger charge is 2.28. The Balaban J connectivity index is 1.64. The SMILES string of the molecule is CC(C)(C)OC(=O)NCCN(CCNC(=O)OC(C)(C)C)S(=O)(=O)c1ccc2ccc3cccc4ccc1c2c34. The number of ether oxygens (including phenoxy) is 2. The molecule has 2 amide bonds. The fourth-order valence-corrected chi connectivity index (χ4v) is 6.25. The molecule has 0 spiro atoms. The van der Waals surface area contributed by atoms with E-state index in [1.165, 1.54) is 4.31 Å². The van der Waals surface area contributed by atoms with E-state index in [0.29, 0.717) is 5.39 Å². The van der Waals surface area contributed by atoms with Crippen LogP contribution in [0.2, 0.25) is 0 Å². The number of carbonyl (C=O) groups excluding carboxylic acids is 2. The molecular formula is C30H37N3O6S. The van der Waals surface area contributed by atoms with Gasteiger partial charge in [0.05, 0.1) is 4.90 Å². The second-order valence-electron chi connectivity index (χ2n) is 11.7. The van der Waals surface area contributed by atoms with Crippen molar-refractivity contribution in [3.05, 3.63) is 54.6 Å². The van der Waals surface area contributed by atoms with Gasteiger partial charge in [0.2, 0.25) is 10.0 Å². The van der Waals surface area contributed by atoms with Gasteiger partial charge >= 0.3 is 12.2 Å². The monoisotopic (exact) mass is 567 g/mol. The Morgan fingerprint density at radius 3 is 1.65 bits per heavy atom. The van der Waals surface area contributed by atoms with Gasteiger partial charge in [-0.1, -0.05) is 48.5 Å². The van der Waals surface area contributed by atoms with Crippen molar-refractivity contribution in [3.8, 4) is 0 Å². The number of rotatable bonds is 8. The molecule has 0 fully saturated rings. The zero-order valence-electron chi connectivity index (χ0n) is 23.8. The van der Waals surface area contributed by atoms with Crippen LogP contribution in [0.15, 0.2) is 59.5 Å². The summed E-state index contributed by atoms with van der Waals surface area (Å²) in [6.45, 7) is 10.5. The molecule has 4 rings (SSSR count). The average molecular weight is 568 g/mol. The standard InChI is InChI=1S/C30H37N3O6S/c1-29(2,3)38-27(34)31-16-18-33(19-17-32-28(35)39-30(4,5)6)40(36,37)24-15-13-22-11-10-20-8-7-9-21-12-14-23(24)26(22)25(20)21/h7-15H,16-19H2,1-6H3,(H,31,34)(H,32,35). The van der Waals surface area contributed by atoms with Crippen LogP contribution in [0.4, 0.5) is 9.59 Å². The molecule has 214 valence electrons. The Labute approximate surface area is 235 Å². The lowest BCUT2D eigenvalue weighted by atomic mass is 9.94. The van der Waals surface area contributed by atoms with Crippen molar-refractivity contribution in [2.24, 2.45) is 0 Å². The van der Waals surface area contributed by atoms with E-state index in [-0.39, 0.29) is 31.1 Å².